The third-order valence-corrected chi connectivity index (χ3v) is 4.51. The first-order valence-corrected chi connectivity index (χ1v) is 7.42. The van der Waals surface area contributed by atoms with Crippen molar-refractivity contribution in [2.45, 2.75) is 37.9 Å². The fraction of sp³-hybridized carbons (Fsp3) is 0.600. The fourth-order valence-corrected chi connectivity index (χ4v) is 3.32. The van der Waals surface area contributed by atoms with Crippen LogP contribution in [0.25, 0.3) is 0 Å². The Hall–Kier alpha value is -0.700. The highest BCUT2D eigenvalue weighted by Gasteiger charge is 2.16. The molecule has 102 valence electrons. The van der Waals surface area contributed by atoms with Gasteiger partial charge in [-0.05, 0) is 30.0 Å². The molecule has 0 saturated carbocycles. The lowest BCUT2D eigenvalue weighted by Crippen LogP contribution is -2.15. The average molecular weight is 315 g/mol. The number of hydrogen-bond donors (Lipinski definition) is 0. The van der Waals surface area contributed by atoms with Crippen molar-refractivity contribution in [1.29, 1.82) is 0 Å². The van der Waals surface area contributed by atoms with Crippen LogP contribution in [0.4, 0.5) is 0 Å². The second-order valence-electron chi connectivity index (χ2n) is 4.49. The Kier molecular flexibility index (Phi) is 6.55. The number of rotatable bonds is 7. The van der Waals surface area contributed by atoms with Gasteiger partial charge in [0.05, 0.1) is 14.2 Å². The Balaban J connectivity index is 2.78. The minimum atomic E-state index is 0.519. The smallest absolute Gasteiger partial charge is 0.160 e. The summed E-state index contributed by atoms with van der Waals surface area (Å²) < 4.78 is 10.6. The van der Waals surface area contributed by atoms with E-state index in [4.69, 9.17) is 9.47 Å². The van der Waals surface area contributed by atoms with Crippen molar-refractivity contribution >= 4 is 15.9 Å². The normalized spacial score (nSPS) is 12.6. The van der Waals surface area contributed by atoms with Gasteiger partial charge in [0.1, 0.15) is 0 Å². The van der Waals surface area contributed by atoms with Gasteiger partial charge in [-0.2, -0.15) is 0 Å². The summed E-state index contributed by atoms with van der Waals surface area (Å²) in [4.78, 5) is 0.519. The lowest BCUT2D eigenvalue weighted by molar-refractivity contribution is 0.354. The Morgan fingerprint density at radius 3 is 2.17 bits per heavy atom. The van der Waals surface area contributed by atoms with Crippen LogP contribution >= 0.6 is 15.9 Å². The number of halogens is 1. The van der Waals surface area contributed by atoms with E-state index >= 15 is 0 Å². The molecule has 0 aliphatic rings. The van der Waals surface area contributed by atoms with Crippen LogP contribution < -0.4 is 9.47 Å². The van der Waals surface area contributed by atoms with Crippen molar-refractivity contribution in [1.82, 2.24) is 0 Å². The van der Waals surface area contributed by atoms with Gasteiger partial charge < -0.3 is 9.47 Å². The summed E-state index contributed by atoms with van der Waals surface area (Å²) >= 11 is 3.81. The van der Waals surface area contributed by atoms with Crippen LogP contribution in [0, 0.1) is 5.92 Å². The first-order valence-electron chi connectivity index (χ1n) is 6.51. The van der Waals surface area contributed by atoms with E-state index in [1.165, 1.54) is 18.4 Å². The predicted octanol–water partition coefficient (Wildman–Crippen LogP) is 4.45. The van der Waals surface area contributed by atoms with Crippen LogP contribution in [0.5, 0.6) is 11.5 Å². The summed E-state index contributed by atoms with van der Waals surface area (Å²) in [6.07, 6.45) is 3.44. The molecule has 1 unspecified atom stereocenters. The highest BCUT2D eigenvalue weighted by molar-refractivity contribution is 9.09. The van der Waals surface area contributed by atoms with Crippen molar-refractivity contribution in [2.24, 2.45) is 5.92 Å². The summed E-state index contributed by atoms with van der Waals surface area (Å²) in [5.41, 5.74) is 1.28. The zero-order chi connectivity index (χ0) is 13.5. The first-order chi connectivity index (χ1) is 8.65. The van der Waals surface area contributed by atoms with E-state index in [1.54, 1.807) is 14.2 Å². The Bertz CT molecular complexity index is 362. The van der Waals surface area contributed by atoms with Gasteiger partial charge in [0.2, 0.25) is 0 Å². The van der Waals surface area contributed by atoms with Gasteiger partial charge in [0.25, 0.3) is 0 Å². The van der Waals surface area contributed by atoms with E-state index in [-0.39, 0.29) is 0 Å². The number of methoxy groups -OCH3 is 2. The number of ether oxygens (including phenoxy) is 2. The third kappa shape index (κ3) is 3.91. The fourth-order valence-electron chi connectivity index (χ4n) is 2.20. The molecule has 3 heteroatoms. The molecule has 0 amide bonds. The predicted molar refractivity (Wildman–Crippen MR) is 80.0 cm³/mol. The zero-order valence-electron chi connectivity index (χ0n) is 11.7. The molecule has 1 aromatic carbocycles. The number of alkyl halides is 1. The van der Waals surface area contributed by atoms with Crippen molar-refractivity contribution in [2.75, 3.05) is 14.2 Å². The van der Waals surface area contributed by atoms with E-state index in [9.17, 15) is 0 Å². The molecule has 0 saturated heterocycles. The molecule has 1 rings (SSSR count). The van der Waals surface area contributed by atoms with Crippen molar-refractivity contribution < 1.29 is 9.47 Å². The molecule has 1 atom stereocenters. The van der Waals surface area contributed by atoms with E-state index in [2.05, 4.69) is 41.9 Å². The van der Waals surface area contributed by atoms with Gasteiger partial charge in [-0.3, -0.25) is 0 Å². The van der Waals surface area contributed by atoms with Crippen molar-refractivity contribution in [3.05, 3.63) is 23.8 Å². The summed E-state index contributed by atoms with van der Waals surface area (Å²) in [5.74, 6) is 2.31. The van der Waals surface area contributed by atoms with Gasteiger partial charge in [0, 0.05) is 4.83 Å². The molecule has 18 heavy (non-hydrogen) atoms. The van der Waals surface area contributed by atoms with Gasteiger partial charge in [-0.25, -0.2) is 0 Å². The maximum absolute atomic E-state index is 5.33. The zero-order valence-corrected chi connectivity index (χ0v) is 13.3. The summed E-state index contributed by atoms with van der Waals surface area (Å²) in [6, 6.07) is 6.15. The van der Waals surface area contributed by atoms with Gasteiger partial charge >= 0.3 is 0 Å². The second kappa shape index (κ2) is 7.67. The molecular formula is C15H23BrO2. The molecule has 0 bridgehead atoms. The van der Waals surface area contributed by atoms with E-state index in [1.807, 2.05) is 6.07 Å². The largest absolute Gasteiger partial charge is 0.493 e. The van der Waals surface area contributed by atoms with E-state index in [0.717, 1.165) is 23.8 Å². The Labute approximate surface area is 119 Å². The molecule has 0 fully saturated rings. The van der Waals surface area contributed by atoms with E-state index in [0.29, 0.717) is 4.83 Å². The maximum atomic E-state index is 5.33. The summed E-state index contributed by atoms with van der Waals surface area (Å²) in [5, 5.41) is 0. The minimum absolute atomic E-state index is 0.519. The molecule has 0 heterocycles. The monoisotopic (exact) mass is 314 g/mol. The van der Waals surface area contributed by atoms with Gasteiger partial charge in [-0.1, -0.05) is 48.7 Å². The standard InChI is InChI=1S/C15H23BrO2/c1-5-12(6-2)13(16)9-11-7-8-14(17-3)15(10-11)18-4/h7-8,10,12-13H,5-6,9H2,1-4H3. The lowest BCUT2D eigenvalue weighted by atomic mass is 9.94. The van der Waals surface area contributed by atoms with Crippen LogP contribution in [0.15, 0.2) is 18.2 Å². The molecule has 0 spiro atoms. The first kappa shape index (κ1) is 15.4. The van der Waals surface area contributed by atoms with Crippen LogP contribution in [0.1, 0.15) is 32.3 Å². The van der Waals surface area contributed by atoms with Crippen LogP contribution in [-0.2, 0) is 6.42 Å². The Morgan fingerprint density at radius 1 is 1.06 bits per heavy atom. The third-order valence-electron chi connectivity index (χ3n) is 3.44. The topological polar surface area (TPSA) is 18.5 Å². The van der Waals surface area contributed by atoms with Crippen LogP contribution in [-0.4, -0.2) is 19.0 Å². The maximum Gasteiger partial charge on any atom is 0.160 e. The molecule has 0 aromatic heterocycles. The molecule has 0 aliphatic carbocycles. The number of benzene rings is 1. The Morgan fingerprint density at radius 2 is 1.67 bits per heavy atom. The van der Waals surface area contributed by atoms with Gasteiger partial charge in [-0.15, -0.1) is 0 Å². The van der Waals surface area contributed by atoms with Crippen LogP contribution in [0.2, 0.25) is 0 Å². The number of hydrogen-bond acceptors (Lipinski definition) is 2. The minimum Gasteiger partial charge on any atom is -0.493 e. The molecule has 0 aliphatic heterocycles. The lowest BCUT2D eigenvalue weighted by Gasteiger charge is -2.20. The highest BCUT2D eigenvalue weighted by atomic mass is 79.9. The highest BCUT2D eigenvalue weighted by Crippen LogP contribution is 2.30. The summed E-state index contributed by atoms with van der Waals surface area (Å²) in [7, 11) is 3.34. The van der Waals surface area contributed by atoms with E-state index < -0.39 is 0 Å². The average Bonchev–Trinajstić information content (AvgIpc) is 2.40. The summed E-state index contributed by atoms with van der Waals surface area (Å²) in [6.45, 7) is 4.49. The second-order valence-corrected chi connectivity index (χ2v) is 5.66. The quantitative estimate of drug-likeness (QED) is 0.692. The molecular weight excluding hydrogens is 292 g/mol. The molecule has 0 radical (unpaired) electrons. The molecule has 0 N–H and O–H groups in total. The van der Waals surface area contributed by atoms with Crippen molar-refractivity contribution in [3.8, 4) is 11.5 Å². The van der Waals surface area contributed by atoms with Crippen LogP contribution in [0.3, 0.4) is 0 Å². The molecule has 1 aromatic rings. The molecule has 2 nitrogen and oxygen atoms in total. The van der Waals surface area contributed by atoms with Crippen molar-refractivity contribution in [3.63, 3.8) is 0 Å². The van der Waals surface area contributed by atoms with Gasteiger partial charge in [0.15, 0.2) is 11.5 Å². The SMILES string of the molecule is CCC(CC)C(Br)Cc1ccc(OC)c(OC)c1.